The van der Waals surface area contributed by atoms with Crippen LogP contribution in [0.1, 0.15) is 17.2 Å². The van der Waals surface area contributed by atoms with Gasteiger partial charge in [0.05, 0.1) is 10.6 Å². The smallest absolute Gasteiger partial charge is 0.323 e. The summed E-state index contributed by atoms with van der Waals surface area (Å²) < 4.78 is 37.9. The Morgan fingerprint density at radius 1 is 1.25 bits per heavy atom. The third-order valence-corrected chi connectivity index (χ3v) is 3.67. The summed E-state index contributed by atoms with van der Waals surface area (Å²) in [5, 5.41) is 0.738. The summed E-state index contributed by atoms with van der Waals surface area (Å²) >= 11 is 1.38. The number of alkyl halides is 3. The minimum absolute atomic E-state index is 0.443. The van der Waals surface area contributed by atoms with Crippen LogP contribution < -0.4 is 5.73 Å². The van der Waals surface area contributed by atoms with E-state index >= 15 is 0 Å². The van der Waals surface area contributed by atoms with Crippen LogP contribution in [0.4, 0.5) is 13.2 Å². The Labute approximate surface area is 118 Å². The van der Waals surface area contributed by atoms with Gasteiger partial charge in [-0.25, -0.2) is 9.97 Å². The second kappa shape index (κ2) is 6.23. The average molecular weight is 299 g/mol. The van der Waals surface area contributed by atoms with Crippen molar-refractivity contribution in [1.29, 1.82) is 0 Å². The standard InChI is InChI=1S/C13H12F3N3S/c14-13(15,16)10-3-1-2-9(6-10)11(17)7-20-12-4-5-18-8-19-12/h1-6,8,11H,7,17H2. The van der Waals surface area contributed by atoms with Gasteiger partial charge in [-0.2, -0.15) is 13.2 Å². The predicted octanol–water partition coefficient (Wildman–Crippen LogP) is 3.29. The monoisotopic (exact) mass is 299 g/mol. The number of aromatic nitrogens is 2. The van der Waals surface area contributed by atoms with Gasteiger partial charge in [-0.05, 0) is 23.8 Å². The van der Waals surface area contributed by atoms with Gasteiger partial charge in [-0.1, -0.05) is 12.1 Å². The second-order valence-corrected chi connectivity index (χ2v) is 5.13. The summed E-state index contributed by atoms with van der Waals surface area (Å²) in [6.07, 6.45) is -1.33. The van der Waals surface area contributed by atoms with E-state index in [0.717, 1.165) is 17.2 Å². The molecule has 20 heavy (non-hydrogen) atoms. The third-order valence-electron chi connectivity index (χ3n) is 2.61. The van der Waals surface area contributed by atoms with E-state index in [-0.39, 0.29) is 0 Å². The maximum atomic E-state index is 12.6. The van der Waals surface area contributed by atoms with Crippen LogP contribution in [0.2, 0.25) is 0 Å². The third kappa shape index (κ3) is 3.94. The number of rotatable bonds is 4. The van der Waals surface area contributed by atoms with E-state index in [1.165, 1.54) is 24.2 Å². The van der Waals surface area contributed by atoms with Gasteiger partial charge in [-0.3, -0.25) is 0 Å². The summed E-state index contributed by atoms with van der Waals surface area (Å²) in [4.78, 5) is 7.81. The van der Waals surface area contributed by atoms with Crippen molar-refractivity contribution >= 4 is 11.8 Å². The number of hydrogen-bond donors (Lipinski definition) is 1. The molecule has 0 radical (unpaired) electrons. The van der Waals surface area contributed by atoms with E-state index in [4.69, 9.17) is 5.73 Å². The molecular weight excluding hydrogens is 287 g/mol. The molecule has 1 aromatic carbocycles. The molecular formula is C13H12F3N3S. The molecule has 0 aliphatic carbocycles. The SMILES string of the molecule is NC(CSc1ccncn1)c1cccc(C(F)(F)F)c1. The Balaban J connectivity index is 2.04. The van der Waals surface area contributed by atoms with Gasteiger partial charge in [0.15, 0.2) is 0 Å². The fourth-order valence-corrected chi connectivity index (χ4v) is 2.40. The number of benzene rings is 1. The molecule has 0 aliphatic rings. The molecule has 0 aliphatic heterocycles. The van der Waals surface area contributed by atoms with Crippen molar-refractivity contribution in [3.8, 4) is 0 Å². The Bertz CT molecular complexity index is 560. The van der Waals surface area contributed by atoms with Crippen molar-refractivity contribution in [3.05, 3.63) is 54.0 Å². The summed E-state index contributed by atoms with van der Waals surface area (Å²) in [6.45, 7) is 0. The molecule has 7 heteroatoms. The van der Waals surface area contributed by atoms with Crippen LogP contribution in [-0.2, 0) is 6.18 Å². The van der Waals surface area contributed by atoms with E-state index in [1.54, 1.807) is 18.3 Å². The Kier molecular flexibility index (Phi) is 4.61. The molecule has 2 aromatic rings. The molecule has 106 valence electrons. The molecule has 1 aromatic heterocycles. The molecule has 0 saturated carbocycles. The molecule has 0 saturated heterocycles. The lowest BCUT2D eigenvalue weighted by molar-refractivity contribution is -0.137. The minimum Gasteiger partial charge on any atom is -0.323 e. The van der Waals surface area contributed by atoms with E-state index in [2.05, 4.69) is 9.97 Å². The van der Waals surface area contributed by atoms with Crippen molar-refractivity contribution in [2.45, 2.75) is 17.2 Å². The summed E-state index contributed by atoms with van der Waals surface area (Å²) in [5.41, 5.74) is 5.70. The van der Waals surface area contributed by atoms with Gasteiger partial charge in [-0.15, -0.1) is 11.8 Å². The molecule has 0 bridgehead atoms. The number of thioether (sulfide) groups is 1. The maximum Gasteiger partial charge on any atom is 0.416 e. The minimum atomic E-state index is -4.35. The lowest BCUT2D eigenvalue weighted by Gasteiger charge is -2.14. The summed E-state index contributed by atoms with van der Waals surface area (Å²) in [7, 11) is 0. The topological polar surface area (TPSA) is 51.8 Å². The zero-order valence-corrected chi connectivity index (χ0v) is 11.2. The highest BCUT2D eigenvalue weighted by Gasteiger charge is 2.30. The van der Waals surface area contributed by atoms with E-state index < -0.39 is 17.8 Å². The highest BCUT2D eigenvalue weighted by atomic mass is 32.2. The van der Waals surface area contributed by atoms with Crippen molar-refractivity contribution in [2.24, 2.45) is 5.73 Å². The number of nitrogens with zero attached hydrogens (tertiary/aromatic N) is 2. The molecule has 0 amide bonds. The molecule has 1 atom stereocenters. The number of nitrogens with two attached hydrogens (primary N) is 1. The number of halogens is 3. The molecule has 1 unspecified atom stereocenters. The molecule has 2 rings (SSSR count). The summed E-state index contributed by atoms with van der Waals surface area (Å²) in [5.74, 6) is 0.443. The van der Waals surface area contributed by atoms with E-state index in [1.807, 2.05) is 0 Å². The van der Waals surface area contributed by atoms with E-state index in [0.29, 0.717) is 11.3 Å². The van der Waals surface area contributed by atoms with Gasteiger partial charge >= 0.3 is 6.18 Å². The first kappa shape index (κ1) is 14.8. The van der Waals surface area contributed by atoms with Gasteiger partial charge in [0.2, 0.25) is 0 Å². The first-order valence-electron chi connectivity index (χ1n) is 5.78. The molecule has 0 fully saturated rings. The van der Waals surface area contributed by atoms with Gasteiger partial charge < -0.3 is 5.73 Å². The average Bonchev–Trinajstić information content (AvgIpc) is 2.45. The zero-order chi connectivity index (χ0) is 14.6. The lowest BCUT2D eigenvalue weighted by atomic mass is 10.1. The normalized spacial score (nSPS) is 13.2. The fraction of sp³-hybridized carbons (Fsp3) is 0.231. The van der Waals surface area contributed by atoms with Crippen LogP contribution in [0.3, 0.4) is 0 Å². The van der Waals surface area contributed by atoms with Crippen molar-refractivity contribution in [2.75, 3.05) is 5.75 Å². The van der Waals surface area contributed by atoms with Crippen molar-refractivity contribution in [1.82, 2.24) is 9.97 Å². The maximum absolute atomic E-state index is 12.6. The van der Waals surface area contributed by atoms with Crippen molar-refractivity contribution in [3.63, 3.8) is 0 Å². The molecule has 1 heterocycles. The highest BCUT2D eigenvalue weighted by molar-refractivity contribution is 7.99. The first-order valence-corrected chi connectivity index (χ1v) is 6.77. The van der Waals surface area contributed by atoms with Crippen LogP contribution in [0, 0.1) is 0 Å². The lowest BCUT2D eigenvalue weighted by Crippen LogP contribution is -2.14. The number of hydrogen-bond acceptors (Lipinski definition) is 4. The fourth-order valence-electron chi connectivity index (χ4n) is 1.58. The quantitative estimate of drug-likeness (QED) is 0.695. The van der Waals surface area contributed by atoms with Crippen LogP contribution in [-0.4, -0.2) is 15.7 Å². The second-order valence-electron chi connectivity index (χ2n) is 4.09. The van der Waals surface area contributed by atoms with Gasteiger partial charge in [0.1, 0.15) is 6.33 Å². The van der Waals surface area contributed by atoms with Crippen LogP contribution in [0.5, 0.6) is 0 Å². The van der Waals surface area contributed by atoms with Crippen LogP contribution >= 0.6 is 11.8 Å². The van der Waals surface area contributed by atoms with Crippen LogP contribution in [0.15, 0.2) is 47.9 Å². The van der Waals surface area contributed by atoms with Crippen LogP contribution in [0.25, 0.3) is 0 Å². The molecule has 0 spiro atoms. The highest BCUT2D eigenvalue weighted by Crippen LogP contribution is 2.31. The Morgan fingerprint density at radius 3 is 2.70 bits per heavy atom. The van der Waals surface area contributed by atoms with Gasteiger partial charge in [0, 0.05) is 18.0 Å². The Morgan fingerprint density at radius 2 is 2.05 bits per heavy atom. The zero-order valence-electron chi connectivity index (χ0n) is 10.3. The Hall–Kier alpha value is -1.60. The predicted molar refractivity (Wildman–Crippen MR) is 71.1 cm³/mol. The van der Waals surface area contributed by atoms with Gasteiger partial charge in [0.25, 0.3) is 0 Å². The molecule has 3 nitrogen and oxygen atoms in total. The first-order chi connectivity index (χ1) is 9.47. The van der Waals surface area contributed by atoms with E-state index in [9.17, 15) is 13.2 Å². The largest absolute Gasteiger partial charge is 0.416 e. The van der Waals surface area contributed by atoms with Crippen molar-refractivity contribution < 1.29 is 13.2 Å². The summed E-state index contributed by atoms with van der Waals surface area (Å²) in [6, 6.07) is 6.33. The molecule has 2 N–H and O–H groups in total.